The van der Waals surface area contributed by atoms with Gasteiger partial charge in [0.25, 0.3) is 5.91 Å². The zero-order valence-corrected chi connectivity index (χ0v) is 14.4. The first-order valence-electron chi connectivity index (χ1n) is 8.87. The van der Waals surface area contributed by atoms with Crippen LogP contribution >= 0.6 is 0 Å². The van der Waals surface area contributed by atoms with Gasteiger partial charge in [-0.1, -0.05) is 30.4 Å². The Bertz CT molecular complexity index is 954. The average molecular weight is 334 g/mol. The van der Waals surface area contributed by atoms with Gasteiger partial charge in [-0.25, -0.2) is 0 Å². The van der Waals surface area contributed by atoms with Crippen LogP contribution in [-0.2, 0) is 13.0 Å². The van der Waals surface area contributed by atoms with Crippen molar-refractivity contribution in [3.63, 3.8) is 0 Å². The summed E-state index contributed by atoms with van der Waals surface area (Å²) in [5, 5.41) is 0.654. The Labute approximate surface area is 147 Å². The van der Waals surface area contributed by atoms with Crippen molar-refractivity contribution in [2.75, 3.05) is 0 Å². The summed E-state index contributed by atoms with van der Waals surface area (Å²) < 4.78 is 2.06. The van der Waals surface area contributed by atoms with E-state index in [9.17, 15) is 9.59 Å². The van der Waals surface area contributed by atoms with Gasteiger partial charge in [0, 0.05) is 30.2 Å². The van der Waals surface area contributed by atoms with Crippen LogP contribution in [0, 0.1) is 0 Å². The molecule has 25 heavy (non-hydrogen) atoms. The van der Waals surface area contributed by atoms with Crippen molar-refractivity contribution in [3.05, 3.63) is 70.6 Å². The number of aromatic nitrogens is 1. The lowest BCUT2D eigenvalue weighted by Gasteiger charge is -2.37. The van der Waals surface area contributed by atoms with E-state index in [1.807, 2.05) is 36.1 Å². The average Bonchev–Trinajstić information content (AvgIpc) is 3.02. The third-order valence-electron chi connectivity index (χ3n) is 5.36. The molecule has 0 aliphatic carbocycles. The smallest absolute Gasteiger partial charge is 0.260 e. The van der Waals surface area contributed by atoms with Gasteiger partial charge in [-0.15, -0.1) is 6.58 Å². The molecule has 2 aliphatic heterocycles. The minimum absolute atomic E-state index is 0.0220. The Morgan fingerprint density at radius 1 is 1.40 bits per heavy atom. The van der Waals surface area contributed by atoms with Crippen LogP contribution in [0.25, 0.3) is 10.9 Å². The Morgan fingerprint density at radius 3 is 3.04 bits per heavy atom. The lowest BCUT2D eigenvalue weighted by Crippen LogP contribution is -2.48. The van der Waals surface area contributed by atoms with Gasteiger partial charge in [-0.3, -0.25) is 9.59 Å². The minimum atomic E-state index is -0.170. The summed E-state index contributed by atoms with van der Waals surface area (Å²) in [4.78, 5) is 28.2. The first-order valence-corrected chi connectivity index (χ1v) is 8.87. The number of amides is 1. The number of aryl methyl sites for hydroxylation is 2. The Morgan fingerprint density at radius 2 is 2.24 bits per heavy atom. The number of carbonyl (C=O) groups excluding carboxylic acids is 1. The van der Waals surface area contributed by atoms with Crippen LogP contribution in [-0.4, -0.2) is 27.5 Å². The third-order valence-corrected chi connectivity index (χ3v) is 5.36. The second kappa shape index (κ2) is 6.03. The van der Waals surface area contributed by atoms with Crippen LogP contribution in [0.3, 0.4) is 0 Å². The van der Waals surface area contributed by atoms with Crippen LogP contribution in [0.5, 0.6) is 0 Å². The van der Waals surface area contributed by atoms with Crippen LogP contribution in [0.1, 0.15) is 35.7 Å². The zero-order valence-electron chi connectivity index (χ0n) is 14.4. The molecule has 4 nitrogen and oxygen atoms in total. The molecule has 2 atom stereocenters. The summed E-state index contributed by atoms with van der Waals surface area (Å²) in [5.74, 6) is -0.170. The van der Waals surface area contributed by atoms with Gasteiger partial charge < -0.3 is 9.47 Å². The van der Waals surface area contributed by atoms with Gasteiger partial charge in [0.1, 0.15) is 5.56 Å². The molecule has 1 aromatic heterocycles. The summed E-state index contributed by atoms with van der Waals surface area (Å²) in [6.07, 6.45) is 10.2. The third kappa shape index (κ3) is 2.44. The number of hydrogen-bond donors (Lipinski definition) is 0. The van der Waals surface area contributed by atoms with Crippen LogP contribution in [0.4, 0.5) is 0 Å². The number of rotatable bonds is 3. The molecule has 1 amide bonds. The van der Waals surface area contributed by atoms with E-state index in [4.69, 9.17) is 0 Å². The number of carbonyl (C=O) groups is 1. The topological polar surface area (TPSA) is 42.3 Å². The van der Waals surface area contributed by atoms with Crippen molar-refractivity contribution in [3.8, 4) is 0 Å². The van der Waals surface area contributed by atoms with Crippen LogP contribution in [0.15, 0.2) is 54.0 Å². The molecule has 3 heterocycles. The SMILES string of the molecule is C=CC[C@@H]1CC=C[C@@H](C)N1C(=O)c1cn2c3c(cccc3c1=O)CC2. The maximum atomic E-state index is 13.3. The van der Waals surface area contributed by atoms with Gasteiger partial charge in [0.05, 0.1) is 5.52 Å². The maximum Gasteiger partial charge on any atom is 0.260 e. The van der Waals surface area contributed by atoms with Crippen molar-refractivity contribution in [2.45, 2.75) is 44.8 Å². The summed E-state index contributed by atoms with van der Waals surface area (Å²) in [5.41, 5.74) is 2.30. The summed E-state index contributed by atoms with van der Waals surface area (Å²) in [6, 6.07) is 5.84. The summed E-state index contributed by atoms with van der Waals surface area (Å²) in [7, 11) is 0. The Hall–Kier alpha value is -2.62. The van der Waals surface area contributed by atoms with Crippen molar-refractivity contribution in [1.29, 1.82) is 0 Å². The molecule has 2 aromatic rings. The maximum absolute atomic E-state index is 13.3. The molecule has 0 N–H and O–H groups in total. The van der Waals surface area contributed by atoms with Gasteiger partial charge in [-0.05, 0) is 37.8 Å². The van der Waals surface area contributed by atoms with Crippen molar-refractivity contribution in [2.24, 2.45) is 0 Å². The highest BCUT2D eigenvalue weighted by molar-refractivity contribution is 5.98. The van der Waals surface area contributed by atoms with Crippen LogP contribution in [0.2, 0.25) is 0 Å². The predicted octanol–water partition coefficient (Wildman–Crippen LogP) is 3.29. The standard InChI is InChI=1S/C21H22N2O2/c1-3-6-16-9-4-7-14(2)23(16)21(25)18-13-22-12-11-15-8-5-10-17(19(15)22)20(18)24/h3-5,7-8,10,13-14,16H,1,6,9,11-12H2,2H3/t14-,16-/m1/s1. The quantitative estimate of drug-likeness (QED) is 0.808. The predicted molar refractivity (Wildman–Crippen MR) is 99.9 cm³/mol. The van der Waals surface area contributed by atoms with Crippen molar-refractivity contribution in [1.82, 2.24) is 9.47 Å². The van der Waals surface area contributed by atoms with Crippen LogP contribution < -0.4 is 5.43 Å². The largest absolute Gasteiger partial charge is 0.346 e. The molecule has 0 saturated heterocycles. The summed E-state index contributed by atoms with van der Waals surface area (Å²) in [6.45, 7) is 6.63. The van der Waals surface area contributed by atoms with E-state index in [-0.39, 0.29) is 29.0 Å². The van der Waals surface area contributed by atoms with E-state index in [0.717, 1.165) is 31.3 Å². The fraction of sp³-hybridized carbons (Fsp3) is 0.333. The monoisotopic (exact) mass is 334 g/mol. The molecular weight excluding hydrogens is 312 g/mol. The minimum Gasteiger partial charge on any atom is -0.346 e. The first kappa shape index (κ1) is 15.9. The fourth-order valence-electron chi connectivity index (χ4n) is 4.17. The first-order chi connectivity index (χ1) is 12.1. The molecule has 0 saturated carbocycles. The molecule has 0 fully saturated rings. The fourth-order valence-corrected chi connectivity index (χ4v) is 4.17. The van der Waals surface area contributed by atoms with E-state index in [2.05, 4.69) is 23.3 Å². The normalized spacial score (nSPS) is 21.7. The molecule has 0 radical (unpaired) electrons. The summed E-state index contributed by atoms with van der Waals surface area (Å²) >= 11 is 0. The molecule has 1 aromatic carbocycles. The number of pyridine rings is 1. The number of hydrogen-bond acceptors (Lipinski definition) is 2. The lowest BCUT2D eigenvalue weighted by molar-refractivity contribution is 0.0620. The molecular formula is C21H22N2O2. The number of para-hydroxylation sites is 1. The molecule has 128 valence electrons. The number of benzene rings is 1. The molecule has 2 aliphatic rings. The van der Waals surface area contributed by atoms with Gasteiger partial charge in [0.15, 0.2) is 0 Å². The van der Waals surface area contributed by atoms with E-state index >= 15 is 0 Å². The lowest BCUT2D eigenvalue weighted by atomic mass is 9.98. The Balaban J connectivity index is 1.84. The Kier molecular flexibility index (Phi) is 3.83. The van der Waals surface area contributed by atoms with Gasteiger partial charge in [-0.2, -0.15) is 0 Å². The highest BCUT2D eigenvalue weighted by atomic mass is 16.2. The molecule has 4 heteroatoms. The second-order valence-electron chi connectivity index (χ2n) is 6.92. The molecule has 0 unspecified atom stereocenters. The van der Waals surface area contributed by atoms with E-state index in [1.54, 1.807) is 6.20 Å². The number of nitrogens with zero attached hydrogens (tertiary/aromatic N) is 2. The highest BCUT2D eigenvalue weighted by Crippen LogP contribution is 2.26. The zero-order chi connectivity index (χ0) is 17.6. The van der Waals surface area contributed by atoms with E-state index in [1.165, 1.54) is 5.56 Å². The van der Waals surface area contributed by atoms with E-state index in [0.29, 0.717) is 5.39 Å². The second-order valence-corrected chi connectivity index (χ2v) is 6.92. The van der Waals surface area contributed by atoms with Crippen molar-refractivity contribution < 1.29 is 4.79 Å². The molecule has 4 rings (SSSR count). The van der Waals surface area contributed by atoms with Crippen molar-refractivity contribution >= 4 is 16.8 Å². The highest BCUT2D eigenvalue weighted by Gasteiger charge is 2.31. The van der Waals surface area contributed by atoms with Gasteiger partial charge in [0.2, 0.25) is 5.43 Å². The van der Waals surface area contributed by atoms with E-state index < -0.39 is 0 Å². The molecule has 0 bridgehead atoms. The molecule has 0 spiro atoms. The van der Waals surface area contributed by atoms with Gasteiger partial charge >= 0.3 is 0 Å².